The fourth-order valence-corrected chi connectivity index (χ4v) is 1.55. The Kier molecular flexibility index (Phi) is 5.30. The number of benzene rings is 1. The van der Waals surface area contributed by atoms with Gasteiger partial charge in [-0.05, 0) is 24.6 Å². The van der Waals surface area contributed by atoms with Crippen LogP contribution in [0.15, 0.2) is 18.2 Å². The molecule has 0 heterocycles. The first-order valence-electron chi connectivity index (χ1n) is 5.42. The second-order valence-electron chi connectivity index (χ2n) is 3.83. The molecule has 1 amide bonds. The van der Waals surface area contributed by atoms with E-state index in [1.54, 1.807) is 0 Å². The standard InChI is InChI=1S/C12H12ClN3O3/c13-9-5-8(2-1-7(9)6-14)16-12(19)10(15)3-4-11(17)18/h1-2,5,10H,3-4,15H2,(H,16,19)(H,17,18). The number of nitrogens with one attached hydrogen (secondary N) is 1. The number of amides is 1. The quantitative estimate of drug-likeness (QED) is 0.753. The van der Waals surface area contributed by atoms with E-state index in [1.807, 2.05) is 6.07 Å². The molecule has 0 aromatic heterocycles. The van der Waals surface area contributed by atoms with Crippen molar-refractivity contribution in [1.29, 1.82) is 5.26 Å². The fourth-order valence-electron chi connectivity index (χ4n) is 1.33. The maximum Gasteiger partial charge on any atom is 0.303 e. The van der Waals surface area contributed by atoms with Crippen LogP contribution in [0.25, 0.3) is 0 Å². The second-order valence-corrected chi connectivity index (χ2v) is 4.24. The zero-order valence-corrected chi connectivity index (χ0v) is 10.6. The Morgan fingerprint density at radius 1 is 1.53 bits per heavy atom. The van der Waals surface area contributed by atoms with Gasteiger partial charge in [0.15, 0.2) is 0 Å². The van der Waals surface area contributed by atoms with Crippen LogP contribution in [0.2, 0.25) is 5.02 Å². The third-order valence-electron chi connectivity index (χ3n) is 2.36. The minimum atomic E-state index is -1.01. The molecule has 1 aromatic rings. The number of hydrogen-bond donors (Lipinski definition) is 3. The van der Waals surface area contributed by atoms with Crippen LogP contribution in [-0.4, -0.2) is 23.0 Å². The lowest BCUT2D eigenvalue weighted by molar-refractivity contribution is -0.137. The van der Waals surface area contributed by atoms with Gasteiger partial charge in [0.25, 0.3) is 0 Å². The zero-order valence-electron chi connectivity index (χ0n) is 9.89. The average molecular weight is 282 g/mol. The Morgan fingerprint density at radius 3 is 2.74 bits per heavy atom. The van der Waals surface area contributed by atoms with Gasteiger partial charge >= 0.3 is 5.97 Å². The van der Waals surface area contributed by atoms with Gasteiger partial charge in [0.1, 0.15) is 6.07 Å². The molecule has 0 spiro atoms. The van der Waals surface area contributed by atoms with E-state index in [-0.39, 0.29) is 17.9 Å². The van der Waals surface area contributed by atoms with E-state index in [0.29, 0.717) is 11.3 Å². The highest BCUT2D eigenvalue weighted by Crippen LogP contribution is 2.20. The molecule has 6 nitrogen and oxygen atoms in total. The molecule has 0 aliphatic carbocycles. The third-order valence-corrected chi connectivity index (χ3v) is 2.68. The van der Waals surface area contributed by atoms with Crippen molar-refractivity contribution >= 4 is 29.2 Å². The van der Waals surface area contributed by atoms with Crippen LogP contribution in [0.5, 0.6) is 0 Å². The molecule has 1 unspecified atom stereocenters. The summed E-state index contributed by atoms with van der Waals surface area (Å²) >= 11 is 5.81. The topological polar surface area (TPSA) is 116 Å². The molecule has 1 aromatic carbocycles. The van der Waals surface area contributed by atoms with Crippen LogP contribution in [0.1, 0.15) is 18.4 Å². The molecule has 1 rings (SSSR count). The van der Waals surface area contributed by atoms with E-state index >= 15 is 0 Å². The van der Waals surface area contributed by atoms with Crippen molar-refractivity contribution in [2.75, 3.05) is 5.32 Å². The summed E-state index contributed by atoms with van der Waals surface area (Å²) in [4.78, 5) is 22.0. The van der Waals surface area contributed by atoms with Crippen molar-refractivity contribution in [3.8, 4) is 6.07 Å². The number of nitrogens with zero attached hydrogens (tertiary/aromatic N) is 1. The molecule has 0 saturated carbocycles. The minimum Gasteiger partial charge on any atom is -0.481 e. The van der Waals surface area contributed by atoms with E-state index in [1.165, 1.54) is 18.2 Å². The van der Waals surface area contributed by atoms with Gasteiger partial charge in [0, 0.05) is 12.1 Å². The number of nitrogens with two attached hydrogens (primary N) is 1. The predicted molar refractivity (Wildman–Crippen MR) is 69.6 cm³/mol. The molecule has 0 saturated heterocycles. The molecular formula is C12H12ClN3O3. The molecule has 7 heteroatoms. The first kappa shape index (κ1) is 15.0. The summed E-state index contributed by atoms with van der Waals surface area (Å²) in [5, 5.41) is 19.9. The summed E-state index contributed by atoms with van der Waals surface area (Å²) in [6.07, 6.45) is -0.131. The number of halogens is 1. The molecular weight excluding hydrogens is 270 g/mol. The molecule has 19 heavy (non-hydrogen) atoms. The zero-order chi connectivity index (χ0) is 14.4. The SMILES string of the molecule is N#Cc1ccc(NC(=O)C(N)CCC(=O)O)cc1Cl. The molecule has 100 valence electrons. The number of carbonyl (C=O) groups excluding carboxylic acids is 1. The van der Waals surface area contributed by atoms with Crippen LogP contribution < -0.4 is 11.1 Å². The van der Waals surface area contributed by atoms with Crippen molar-refractivity contribution in [3.63, 3.8) is 0 Å². The number of hydrogen-bond acceptors (Lipinski definition) is 4. The number of carbonyl (C=O) groups is 2. The van der Waals surface area contributed by atoms with Gasteiger partial charge in [-0.3, -0.25) is 9.59 Å². The number of rotatable bonds is 5. The summed E-state index contributed by atoms with van der Waals surface area (Å²) in [7, 11) is 0. The highest BCUT2D eigenvalue weighted by Gasteiger charge is 2.15. The monoisotopic (exact) mass is 281 g/mol. The van der Waals surface area contributed by atoms with Gasteiger partial charge in [-0.15, -0.1) is 0 Å². The number of nitriles is 1. The van der Waals surface area contributed by atoms with E-state index < -0.39 is 17.9 Å². The van der Waals surface area contributed by atoms with Gasteiger partial charge in [0.05, 0.1) is 16.6 Å². The Hall–Kier alpha value is -2.10. The van der Waals surface area contributed by atoms with Crippen molar-refractivity contribution in [2.45, 2.75) is 18.9 Å². The number of carboxylic acid groups (broad SMARTS) is 1. The van der Waals surface area contributed by atoms with E-state index in [2.05, 4.69) is 5.32 Å². The molecule has 0 aliphatic rings. The Balaban J connectivity index is 2.64. The van der Waals surface area contributed by atoms with Crippen molar-refractivity contribution in [1.82, 2.24) is 0 Å². The van der Waals surface area contributed by atoms with Crippen LogP contribution in [0, 0.1) is 11.3 Å². The molecule has 0 fully saturated rings. The first-order chi connectivity index (χ1) is 8.93. The highest BCUT2D eigenvalue weighted by molar-refractivity contribution is 6.32. The molecule has 4 N–H and O–H groups in total. The number of carboxylic acids is 1. The maximum atomic E-state index is 11.7. The van der Waals surface area contributed by atoms with E-state index in [9.17, 15) is 9.59 Å². The number of aliphatic carboxylic acids is 1. The van der Waals surface area contributed by atoms with Crippen molar-refractivity contribution in [3.05, 3.63) is 28.8 Å². The third kappa shape index (κ3) is 4.58. The Morgan fingerprint density at radius 2 is 2.21 bits per heavy atom. The smallest absolute Gasteiger partial charge is 0.303 e. The largest absolute Gasteiger partial charge is 0.481 e. The lowest BCUT2D eigenvalue weighted by Gasteiger charge is -2.11. The molecule has 0 aliphatic heterocycles. The van der Waals surface area contributed by atoms with Crippen LogP contribution in [0.3, 0.4) is 0 Å². The summed E-state index contributed by atoms with van der Waals surface area (Å²) in [6, 6.07) is 5.41. The lowest BCUT2D eigenvalue weighted by Crippen LogP contribution is -2.36. The minimum absolute atomic E-state index is 0.0468. The van der Waals surface area contributed by atoms with Crippen LogP contribution in [0.4, 0.5) is 5.69 Å². The average Bonchev–Trinajstić information content (AvgIpc) is 2.36. The number of anilines is 1. The van der Waals surface area contributed by atoms with Crippen molar-refractivity contribution in [2.24, 2.45) is 5.73 Å². The second kappa shape index (κ2) is 6.73. The van der Waals surface area contributed by atoms with Crippen LogP contribution in [-0.2, 0) is 9.59 Å². The van der Waals surface area contributed by atoms with E-state index in [4.69, 9.17) is 27.7 Å². The molecule has 0 bridgehead atoms. The van der Waals surface area contributed by atoms with Gasteiger partial charge < -0.3 is 16.2 Å². The van der Waals surface area contributed by atoms with Gasteiger partial charge in [-0.2, -0.15) is 5.26 Å². The summed E-state index contributed by atoms with van der Waals surface area (Å²) < 4.78 is 0. The van der Waals surface area contributed by atoms with Gasteiger partial charge in [-0.1, -0.05) is 11.6 Å². The fraction of sp³-hybridized carbons (Fsp3) is 0.250. The predicted octanol–water partition coefficient (Wildman–Crippen LogP) is 1.34. The van der Waals surface area contributed by atoms with Crippen LogP contribution >= 0.6 is 11.6 Å². The van der Waals surface area contributed by atoms with Crippen molar-refractivity contribution < 1.29 is 14.7 Å². The normalized spacial score (nSPS) is 11.4. The summed E-state index contributed by atoms with van der Waals surface area (Å²) in [6.45, 7) is 0. The highest BCUT2D eigenvalue weighted by atomic mass is 35.5. The van der Waals surface area contributed by atoms with Gasteiger partial charge in [-0.25, -0.2) is 0 Å². The van der Waals surface area contributed by atoms with Gasteiger partial charge in [0.2, 0.25) is 5.91 Å². The Bertz CT molecular complexity index is 540. The van der Waals surface area contributed by atoms with E-state index in [0.717, 1.165) is 0 Å². The first-order valence-corrected chi connectivity index (χ1v) is 5.79. The summed E-state index contributed by atoms with van der Waals surface area (Å²) in [5.41, 5.74) is 6.25. The lowest BCUT2D eigenvalue weighted by atomic mass is 10.1. The Labute approximate surface area is 114 Å². The molecule has 1 atom stereocenters. The maximum absolute atomic E-state index is 11.7. The molecule has 0 radical (unpaired) electrons. The summed E-state index contributed by atoms with van der Waals surface area (Å²) in [5.74, 6) is -1.51.